The number of ether oxygens (including phenoxy) is 1. The van der Waals surface area contributed by atoms with Gasteiger partial charge in [0, 0.05) is 23.2 Å². The number of hydrogen-bond acceptors (Lipinski definition) is 3. The smallest absolute Gasteiger partial charge is 0.416 e. The molecule has 1 N–H and O–H groups in total. The number of halogens is 3. The predicted molar refractivity (Wildman–Crippen MR) is 108 cm³/mol. The maximum atomic E-state index is 12.9. The molecular formula is C23H21F3N2O2. The van der Waals surface area contributed by atoms with Crippen LogP contribution in [0.1, 0.15) is 42.6 Å². The third kappa shape index (κ3) is 4.40. The summed E-state index contributed by atoms with van der Waals surface area (Å²) < 4.78 is 44.7. The molecule has 0 radical (unpaired) electrons. The highest BCUT2D eigenvalue weighted by atomic mass is 19.4. The molecule has 0 unspecified atom stereocenters. The van der Waals surface area contributed by atoms with Gasteiger partial charge in [-0.1, -0.05) is 12.1 Å². The topological polar surface area (TPSA) is 51.2 Å². The van der Waals surface area contributed by atoms with Gasteiger partial charge in [-0.3, -0.25) is 9.78 Å². The number of carbonyl (C=O) groups is 1. The average molecular weight is 414 g/mol. The lowest BCUT2D eigenvalue weighted by atomic mass is 9.99. The molecule has 3 aromatic rings. The number of nitrogens with one attached hydrogen (secondary N) is 1. The van der Waals surface area contributed by atoms with E-state index < -0.39 is 11.7 Å². The van der Waals surface area contributed by atoms with E-state index in [1.165, 1.54) is 18.3 Å². The summed E-state index contributed by atoms with van der Waals surface area (Å²) in [6, 6.07) is 10.3. The molecule has 2 aromatic carbocycles. The standard InChI is InChI=1S/C23H21F3N2O2/c1-13(2)28-22(29)16-9-15-10-19(30-18-7-8-18)11-20(21(15)27-12-16)14-3-5-17(6-4-14)23(24,25)26/h3-6,9-13,18H,7-8H2,1-2H3,(H,28,29). The van der Waals surface area contributed by atoms with Crippen molar-refractivity contribution in [3.8, 4) is 16.9 Å². The van der Waals surface area contributed by atoms with Gasteiger partial charge in [0.2, 0.25) is 0 Å². The molecule has 1 fully saturated rings. The normalized spacial score (nSPS) is 14.2. The Balaban J connectivity index is 1.79. The summed E-state index contributed by atoms with van der Waals surface area (Å²) in [5, 5.41) is 3.52. The monoisotopic (exact) mass is 414 g/mol. The van der Waals surface area contributed by atoms with Gasteiger partial charge in [-0.25, -0.2) is 0 Å². The zero-order valence-electron chi connectivity index (χ0n) is 16.6. The second-order valence-corrected chi connectivity index (χ2v) is 7.79. The fourth-order valence-corrected chi connectivity index (χ4v) is 3.20. The van der Waals surface area contributed by atoms with Crippen molar-refractivity contribution in [2.45, 2.75) is 45.0 Å². The molecular weight excluding hydrogens is 393 g/mol. The lowest BCUT2D eigenvalue weighted by molar-refractivity contribution is -0.137. The number of amides is 1. The van der Waals surface area contributed by atoms with Gasteiger partial charge in [-0.2, -0.15) is 13.2 Å². The highest BCUT2D eigenvalue weighted by molar-refractivity contribution is 6.01. The van der Waals surface area contributed by atoms with E-state index in [0.29, 0.717) is 33.3 Å². The minimum Gasteiger partial charge on any atom is -0.490 e. The first-order valence-electron chi connectivity index (χ1n) is 9.79. The van der Waals surface area contributed by atoms with Crippen LogP contribution in [0.5, 0.6) is 5.75 Å². The molecule has 1 saturated carbocycles. The second kappa shape index (κ2) is 7.63. The van der Waals surface area contributed by atoms with Crippen molar-refractivity contribution in [1.29, 1.82) is 0 Å². The Morgan fingerprint density at radius 2 is 1.83 bits per heavy atom. The zero-order chi connectivity index (χ0) is 21.5. The van der Waals surface area contributed by atoms with Crippen molar-refractivity contribution in [1.82, 2.24) is 10.3 Å². The quantitative estimate of drug-likeness (QED) is 0.591. The van der Waals surface area contributed by atoms with Crippen molar-refractivity contribution < 1.29 is 22.7 Å². The third-order valence-corrected chi connectivity index (χ3v) is 4.79. The highest BCUT2D eigenvalue weighted by Gasteiger charge is 2.30. The van der Waals surface area contributed by atoms with Crippen LogP contribution in [-0.2, 0) is 6.18 Å². The first-order valence-corrected chi connectivity index (χ1v) is 9.79. The van der Waals surface area contributed by atoms with Crippen LogP contribution in [0.3, 0.4) is 0 Å². The summed E-state index contributed by atoms with van der Waals surface area (Å²) in [6.07, 6.45) is -0.807. The van der Waals surface area contributed by atoms with Crippen LogP contribution in [0.4, 0.5) is 13.2 Å². The number of benzene rings is 2. The van der Waals surface area contributed by atoms with E-state index in [-0.39, 0.29) is 18.1 Å². The lowest BCUT2D eigenvalue weighted by Crippen LogP contribution is -2.30. The Morgan fingerprint density at radius 1 is 1.13 bits per heavy atom. The van der Waals surface area contributed by atoms with Crippen LogP contribution in [0.2, 0.25) is 0 Å². The maximum Gasteiger partial charge on any atom is 0.416 e. The predicted octanol–water partition coefficient (Wildman–Crippen LogP) is 5.60. The van der Waals surface area contributed by atoms with Crippen molar-refractivity contribution in [2.75, 3.05) is 0 Å². The van der Waals surface area contributed by atoms with E-state index in [0.717, 1.165) is 25.0 Å². The molecule has 0 bridgehead atoms. The van der Waals surface area contributed by atoms with Gasteiger partial charge in [-0.05, 0) is 62.6 Å². The molecule has 1 aliphatic rings. The summed E-state index contributed by atoms with van der Waals surface area (Å²) in [5.41, 5.74) is 1.56. The van der Waals surface area contributed by atoms with E-state index >= 15 is 0 Å². The summed E-state index contributed by atoms with van der Waals surface area (Å²) in [4.78, 5) is 16.8. The fourth-order valence-electron chi connectivity index (χ4n) is 3.20. The van der Waals surface area contributed by atoms with E-state index in [4.69, 9.17) is 4.74 Å². The largest absolute Gasteiger partial charge is 0.490 e. The molecule has 4 rings (SSSR count). The lowest BCUT2D eigenvalue weighted by Gasteiger charge is -2.14. The van der Waals surface area contributed by atoms with Gasteiger partial charge in [0.25, 0.3) is 5.91 Å². The Bertz CT molecular complexity index is 1090. The summed E-state index contributed by atoms with van der Waals surface area (Å²) in [6.45, 7) is 3.74. The fraction of sp³-hybridized carbons (Fsp3) is 0.304. The minimum atomic E-state index is -4.39. The number of rotatable bonds is 5. The van der Waals surface area contributed by atoms with Gasteiger partial charge in [0.1, 0.15) is 5.75 Å². The van der Waals surface area contributed by atoms with Crippen molar-refractivity contribution in [2.24, 2.45) is 0 Å². The Kier molecular flexibility index (Phi) is 5.13. The van der Waals surface area contributed by atoms with Crippen LogP contribution >= 0.6 is 0 Å². The number of fused-ring (bicyclic) bond motifs is 1. The zero-order valence-corrected chi connectivity index (χ0v) is 16.6. The molecule has 0 atom stereocenters. The van der Waals surface area contributed by atoms with E-state index in [9.17, 15) is 18.0 Å². The molecule has 1 amide bonds. The van der Waals surface area contributed by atoms with Gasteiger partial charge < -0.3 is 10.1 Å². The Morgan fingerprint density at radius 3 is 2.43 bits per heavy atom. The molecule has 1 aliphatic carbocycles. The Hall–Kier alpha value is -3.09. The van der Waals surface area contributed by atoms with Crippen molar-refractivity contribution >= 4 is 16.8 Å². The first kappa shape index (κ1) is 20.2. The first-order chi connectivity index (χ1) is 14.2. The number of aromatic nitrogens is 1. The van der Waals surface area contributed by atoms with Crippen LogP contribution in [0.15, 0.2) is 48.7 Å². The summed E-state index contributed by atoms with van der Waals surface area (Å²) >= 11 is 0. The minimum absolute atomic E-state index is 0.0135. The van der Waals surface area contributed by atoms with E-state index in [2.05, 4.69) is 10.3 Å². The summed E-state index contributed by atoms with van der Waals surface area (Å²) in [7, 11) is 0. The second-order valence-electron chi connectivity index (χ2n) is 7.79. The van der Waals surface area contributed by atoms with Gasteiger partial charge >= 0.3 is 6.18 Å². The van der Waals surface area contributed by atoms with Crippen LogP contribution in [0, 0.1) is 0 Å². The maximum absolute atomic E-state index is 12.9. The molecule has 30 heavy (non-hydrogen) atoms. The molecule has 0 aliphatic heterocycles. The molecule has 4 nitrogen and oxygen atoms in total. The van der Waals surface area contributed by atoms with Crippen LogP contribution in [-0.4, -0.2) is 23.0 Å². The van der Waals surface area contributed by atoms with Gasteiger partial charge in [0.15, 0.2) is 0 Å². The molecule has 1 aromatic heterocycles. The van der Waals surface area contributed by atoms with Crippen molar-refractivity contribution in [3.05, 3.63) is 59.8 Å². The molecule has 1 heterocycles. The number of hydrogen-bond donors (Lipinski definition) is 1. The molecule has 0 saturated heterocycles. The van der Waals surface area contributed by atoms with Crippen LogP contribution < -0.4 is 10.1 Å². The molecule has 7 heteroatoms. The van der Waals surface area contributed by atoms with Gasteiger partial charge in [0.05, 0.1) is 22.7 Å². The number of alkyl halides is 3. The third-order valence-electron chi connectivity index (χ3n) is 4.79. The molecule has 156 valence electrons. The Labute approximate surface area is 172 Å². The van der Waals surface area contributed by atoms with Gasteiger partial charge in [-0.15, -0.1) is 0 Å². The molecule has 0 spiro atoms. The summed E-state index contributed by atoms with van der Waals surface area (Å²) in [5.74, 6) is 0.382. The van der Waals surface area contributed by atoms with Crippen LogP contribution in [0.25, 0.3) is 22.0 Å². The SMILES string of the molecule is CC(C)NC(=O)c1cnc2c(-c3ccc(C(F)(F)F)cc3)cc(OC3CC3)cc2c1. The number of nitrogens with zero attached hydrogens (tertiary/aromatic N) is 1. The average Bonchev–Trinajstić information content (AvgIpc) is 3.50. The van der Waals surface area contributed by atoms with E-state index in [1.807, 2.05) is 19.9 Å². The van der Waals surface area contributed by atoms with Crippen molar-refractivity contribution in [3.63, 3.8) is 0 Å². The number of carbonyl (C=O) groups excluding carboxylic acids is 1. The number of pyridine rings is 1. The highest BCUT2D eigenvalue weighted by Crippen LogP contribution is 2.37. The van der Waals surface area contributed by atoms with E-state index in [1.54, 1.807) is 12.1 Å².